The van der Waals surface area contributed by atoms with Gasteiger partial charge in [0.05, 0.1) is 5.56 Å². The third-order valence-electron chi connectivity index (χ3n) is 5.55. The van der Waals surface area contributed by atoms with Crippen LogP contribution < -0.4 is 0 Å². The van der Waals surface area contributed by atoms with E-state index >= 15 is 0 Å². The Morgan fingerprint density at radius 3 is 2.24 bits per heavy atom. The van der Waals surface area contributed by atoms with Gasteiger partial charge in [-0.25, -0.2) is 9.37 Å². The molecule has 6 rings (SSSR count). The molecule has 0 fully saturated rings. The van der Waals surface area contributed by atoms with Crippen molar-refractivity contribution in [2.45, 2.75) is 0 Å². The van der Waals surface area contributed by atoms with Gasteiger partial charge in [0.2, 0.25) is 5.28 Å². The largest absolute Gasteiger partial charge is 0.455 e. The first-order valence-electron chi connectivity index (χ1n) is 10.3. The Morgan fingerprint density at radius 1 is 0.636 bits per heavy atom. The lowest BCUT2D eigenvalue weighted by Gasteiger charge is -2.07. The number of furan rings is 1. The maximum atomic E-state index is 13.3. The number of para-hydroxylation sites is 2. The molecule has 0 N–H and O–H groups in total. The van der Waals surface area contributed by atoms with Crippen molar-refractivity contribution in [2.75, 3.05) is 0 Å². The number of rotatable bonds is 3. The molecule has 0 saturated carbocycles. The van der Waals surface area contributed by atoms with Crippen molar-refractivity contribution in [3.63, 3.8) is 0 Å². The Hall–Kier alpha value is -4.09. The number of halogens is 2. The second-order valence-corrected chi connectivity index (χ2v) is 7.96. The topological polar surface area (TPSA) is 51.8 Å². The van der Waals surface area contributed by atoms with E-state index in [0.29, 0.717) is 17.2 Å². The van der Waals surface area contributed by atoms with E-state index in [1.165, 1.54) is 12.1 Å². The first-order chi connectivity index (χ1) is 16.2. The molecule has 6 aromatic rings. The Morgan fingerprint density at radius 2 is 1.36 bits per heavy atom. The summed E-state index contributed by atoms with van der Waals surface area (Å²) in [5.74, 6) is 0.604. The highest BCUT2D eigenvalue weighted by Crippen LogP contribution is 2.35. The number of hydrogen-bond donors (Lipinski definition) is 0. The van der Waals surface area contributed by atoms with Crippen molar-refractivity contribution in [3.05, 3.63) is 102 Å². The fourth-order valence-electron chi connectivity index (χ4n) is 4.00. The van der Waals surface area contributed by atoms with Crippen LogP contribution in [0.25, 0.3) is 55.8 Å². The predicted molar refractivity (Wildman–Crippen MR) is 128 cm³/mol. The van der Waals surface area contributed by atoms with Gasteiger partial charge in [0, 0.05) is 16.3 Å². The highest BCUT2D eigenvalue weighted by atomic mass is 35.5. The Balaban J connectivity index is 1.49. The van der Waals surface area contributed by atoms with Crippen LogP contribution >= 0.6 is 11.6 Å². The van der Waals surface area contributed by atoms with Gasteiger partial charge in [-0.05, 0) is 53.1 Å². The van der Waals surface area contributed by atoms with Gasteiger partial charge in [-0.1, -0.05) is 60.7 Å². The van der Waals surface area contributed by atoms with E-state index in [-0.39, 0.29) is 11.1 Å². The third-order valence-corrected chi connectivity index (χ3v) is 5.72. The first kappa shape index (κ1) is 19.6. The minimum absolute atomic E-state index is 0.0929. The van der Waals surface area contributed by atoms with E-state index < -0.39 is 0 Å². The molecule has 33 heavy (non-hydrogen) atoms. The van der Waals surface area contributed by atoms with Crippen molar-refractivity contribution in [1.82, 2.24) is 15.0 Å². The Labute approximate surface area is 193 Å². The highest BCUT2D eigenvalue weighted by Gasteiger charge is 2.16. The van der Waals surface area contributed by atoms with Crippen LogP contribution in [0.4, 0.5) is 4.39 Å². The zero-order valence-corrected chi connectivity index (χ0v) is 17.9. The van der Waals surface area contributed by atoms with Crippen molar-refractivity contribution in [3.8, 4) is 33.9 Å². The zero-order chi connectivity index (χ0) is 22.4. The van der Waals surface area contributed by atoms with Gasteiger partial charge >= 0.3 is 0 Å². The highest BCUT2D eigenvalue weighted by molar-refractivity contribution is 6.28. The average Bonchev–Trinajstić information content (AvgIpc) is 3.23. The van der Waals surface area contributed by atoms with Crippen LogP contribution in [0.1, 0.15) is 0 Å². The van der Waals surface area contributed by atoms with Gasteiger partial charge in [-0.3, -0.25) is 0 Å². The Kier molecular flexibility index (Phi) is 4.63. The maximum absolute atomic E-state index is 13.3. The summed E-state index contributed by atoms with van der Waals surface area (Å²) in [6, 6.07) is 27.8. The molecule has 0 spiro atoms. The number of aromatic nitrogens is 3. The SMILES string of the molecule is Fc1ccc(-c2cccc(-c3nc(Cl)nc(-c4cccc5c4oc4ccccc45)n3)c2)cc1. The molecule has 158 valence electrons. The molecule has 0 bridgehead atoms. The number of hydrogen-bond acceptors (Lipinski definition) is 4. The van der Waals surface area contributed by atoms with E-state index in [1.54, 1.807) is 12.1 Å². The minimum Gasteiger partial charge on any atom is -0.455 e. The number of nitrogens with zero attached hydrogens (tertiary/aromatic N) is 3. The van der Waals surface area contributed by atoms with Crippen molar-refractivity contribution < 1.29 is 8.81 Å². The van der Waals surface area contributed by atoms with Crippen LogP contribution in [-0.2, 0) is 0 Å². The third kappa shape index (κ3) is 3.52. The van der Waals surface area contributed by atoms with E-state index in [2.05, 4.69) is 9.97 Å². The summed E-state index contributed by atoms with van der Waals surface area (Å²) in [5.41, 5.74) is 4.83. The molecular formula is C27H15ClFN3O. The van der Waals surface area contributed by atoms with Crippen LogP contribution in [0.2, 0.25) is 5.28 Å². The molecule has 0 aliphatic carbocycles. The van der Waals surface area contributed by atoms with E-state index in [1.807, 2.05) is 66.7 Å². The molecular weight excluding hydrogens is 437 g/mol. The fourth-order valence-corrected chi connectivity index (χ4v) is 4.16. The number of fused-ring (bicyclic) bond motifs is 3. The predicted octanol–water partition coefficient (Wildman–Crippen LogP) is 7.56. The quantitative estimate of drug-likeness (QED) is 0.278. The molecule has 4 nitrogen and oxygen atoms in total. The summed E-state index contributed by atoms with van der Waals surface area (Å²) in [6.07, 6.45) is 0. The second kappa shape index (κ2) is 7.80. The molecule has 0 aliphatic heterocycles. The molecule has 0 unspecified atom stereocenters. The molecule has 0 saturated heterocycles. The summed E-state index contributed by atoms with van der Waals surface area (Å²) in [5, 5.41) is 2.11. The molecule has 0 radical (unpaired) electrons. The van der Waals surface area contributed by atoms with Gasteiger partial charge in [0.25, 0.3) is 0 Å². The summed E-state index contributed by atoms with van der Waals surface area (Å²) in [4.78, 5) is 13.5. The summed E-state index contributed by atoms with van der Waals surface area (Å²) in [7, 11) is 0. The molecule has 0 amide bonds. The summed E-state index contributed by atoms with van der Waals surface area (Å²) in [6.45, 7) is 0. The van der Waals surface area contributed by atoms with E-state index in [0.717, 1.165) is 38.6 Å². The lowest BCUT2D eigenvalue weighted by atomic mass is 10.0. The standard InChI is InChI=1S/C27H15ClFN3O/c28-27-31-25(18-6-3-5-17(15-18)16-11-13-19(29)14-12-16)30-26(32-27)22-9-4-8-21-20-7-1-2-10-23(20)33-24(21)22/h1-15H. The van der Waals surface area contributed by atoms with Gasteiger partial charge < -0.3 is 4.42 Å². The molecule has 2 aromatic heterocycles. The maximum Gasteiger partial charge on any atom is 0.226 e. The van der Waals surface area contributed by atoms with E-state index in [9.17, 15) is 4.39 Å². The zero-order valence-electron chi connectivity index (χ0n) is 17.2. The molecule has 4 aromatic carbocycles. The monoisotopic (exact) mass is 451 g/mol. The summed E-state index contributed by atoms with van der Waals surface area (Å²) < 4.78 is 19.5. The van der Waals surface area contributed by atoms with Crippen molar-refractivity contribution in [2.24, 2.45) is 0 Å². The van der Waals surface area contributed by atoms with E-state index in [4.69, 9.17) is 21.0 Å². The molecule has 6 heteroatoms. The van der Waals surface area contributed by atoms with Gasteiger partial charge in [0.15, 0.2) is 11.6 Å². The van der Waals surface area contributed by atoms with Crippen LogP contribution in [-0.4, -0.2) is 15.0 Å². The molecule has 0 atom stereocenters. The van der Waals surface area contributed by atoms with Crippen molar-refractivity contribution in [1.29, 1.82) is 0 Å². The molecule has 2 heterocycles. The fraction of sp³-hybridized carbons (Fsp3) is 0. The average molecular weight is 452 g/mol. The lowest BCUT2D eigenvalue weighted by molar-refractivity contribution is 0.628. The van der Waals surface area contributed by atoms with Crippen LogP contribution in [0.15, 0.2) is 95.4 Å². The second-order valence-electron chi connectivity index (χ2n) is 7.62. The minimum atomic E-state index is -0.274. The first-order valence-corrected chi connectivity index (χ1v) is 10.7. The van der Waals surface area contributed by atoms with Crippen molar-refractivity contribution >= 4 is 33.5 Å². The normalized spacial score (nSPS) is 11.3. The van der Waals surface area contributed by atoms with Crippen LogP contribution in [0, 0.1) is 5.82 Å². The van der Waals surface area contributed by atoms with Crippen LogP contribution in [0.3, 0.4) is 0 Å². The lowest BCUT2D eigenvalue weighted by Crippen LogP contribution is -1.97. The smallest absolute Gasteiger partial charge is 0.226 e. The van der Waals surface area contributed by atoms with Gasteiger partial charge in [0.1, 0.15) is 17.0 Å². The number of benzene rings is 4. The van der Waals surface area contributed by atoms with Crippen LogP contribution in [0.5, 0.6) is 0 Å². The Bertz CT molecular complexity index is 1640. The summed E-state index contributed by atoms with van der Waals surface area (Å²) >= 11 is 6.32. The van der Waals surface area contributed by atoms with Gasteiger partial charge in [-0.15, -0.1) is 0 Å². The molecule has 0 aliphatic rings. The van der Waals surface area contributed by atoms with Gasteiger partial charge in [-0.2, -0.15) is 9.97 Å².